The average molecular weight is 254 g/mol. The van der Waals surface area contributed by atoms with E-state index in [2.05, 4.69) is 40.4 Å². The molecule has 5 heteroatoms. The molecule has 1 aliphatic rings. The Labute approximate surface area is 108 Å². The lowest BCUT2D eigenvalue weighted by Crippen LogP contribution is -2.35. The average Bonchev–Trinajstić information content (AvgIpc) is 3.03. The van der Waals surface area contributed by atoms with Gasteiger partial charge in [0.05, 0.1) is 0 Å². The summed E-state index contributed by atoms with van der Waals surface area (Å²) in [5, 5.41) is 7.33. The summed E-state index contributed by atoms with van der Waals surface area (Å²) < 4.78 is 2.86. The molecule has 0 bridgehead atoms. The van der Waals surface area contributed by atoms with E-state index in [-0.39, 0.29) is 0 Å². The molecule has 0 atom stereocenters. The van der Waals surface area contributed by atoms with Crippen molar-refractivity contribution in [3.63, 3.8) is 0 Å². The van der Waals surface area contributed by atoms with Gasteiger partial charge >= 0.3 is 0 Å². The molecule has 17 heavy (non-hydrogen) atoms. The van der Waals surface area contributed by atoms with Gasteiger partial charge in [-0.3, -0.25) is 4.57 Å². The molecule has 2 rings (SSSR count). The molecule has 0 amide bonds. The first-order valence-corrected chi connectivity index (χ1v) is 6.96. The topological polar surface area (TPSA) is 36.9 Å². The highest BCUT2D eigenvalue weighted by Crippen LogP contribution is 2.31. The van der Waals surface area contributed by atoms with Crippen molar-refractivity contribution in [2.75, 3.05) is 11.4 Å². The van der Waals surface area contributed by atoms with E-state index in [1.54, 1.807) is 0 Å². The van der Waals surface area contributed by atoms with Crippen molar-refractivity contribution in [3.8, 4) is 0 Å². The van der Waals surface area contributed by atoms with Crippen LogP contribution in [0.25, 0.3) is 0 Å². The molecule has 0 spiro atoms. The van der Waals surface area contributed by atoms with Crippen LogP contribution in [0.5, 0.6) is 0 Å². The van der Waals surface area contributed by atoms with Crippen LogP contribution in [0.1, 0.15) is 40.0 Å². The molecular formula is C12H22N4S. The van der Waals surface area contributed by atoms with Gasteiger partial charge in [-0.2, -0.15) is 0 Å². The minimum Gasteiger partial charge on any atom is -0.338 e. The predicted molar refractivity (Wildman–Crippen MR) is 72.9 cm³/mol. The summed E-state index contributed by atoms with van der Waals surface area (Å²) in [6.45, 7) is 8.66. The van der Waals surface area contributed by atoms with Crippen LogP contribution in [0.3, 0.4) is 0 Å². The molecule has 1 N–H and O–H groups in total. The Hall–Kier alpha value is -0.840. The minimum atomic E-state index is 0.469. The largest absolute Gasteiger partial charge is 0.338 e. The number of aromatic amines is 1. The zero-order chi connectivity index (χ0) is 12.4. The molecule has 1 aliphatic carbocycles. The first-order valence-electron chi connectivity index (χ1n) is 6.55. The minimum absolute atomic E-state index is 0.469. The Bertz CT molecular complexity index is 416. The molecule has 1 saturated carbocycles. The van der Waals surface area contributed by atoms with E-state index in [0.29, 0.717) is 6.04 Å². The Balaban J connectivity index is 2.24. The van der Waals surface area contributed by atoms with Crippen molar-refractivity contribution < 1.29 is 0 Å². The standard InChI is InChI=1S/C12H22N4S/c1-4-7-15-11(13-14-12(15)17)16(9(2)3)8-10-5-6-10/h9-10H,4-8H2,1-3H3,(H,14,17). The lowest BCUT2D eigenvalue weighted by Gasteiger charge is -2.27. The molecule has 0 unspecified atom stereocenters. The molecule has 0 aromatic carbocycles. The summed E-state index contributed by atoms with van der Waals surface area (Å²) in [6.07, 6.45) is 3.81. The van der Waals surface area contributed by atoms with Crippen molar-refractivity contribution in [3.05, 3.63) is 4.77 Å². The van der Waals surface area contributed by atoms with Crippen LogP contribution in [0.2, 0.25) is 0 Å². The second-order valence-electron chi connectivity index (χ2n) is 5.17. The van der Waals surface area contributed by atoms with Crippen LogP contribution >= 0.6 is 12.2 Å². The van der Waals surface area contributed by atoms with Crippen LogP contribution in [-0.2, 0) is 6.54 Å². The summed E-state index contributed by atoms with van der Waals surface area (Å²) in [7, 11) is 0. The van der Waals surface area contributed by atoms with Gasteiger partial charge in [-0.1, -0.05) is 6.92 Å². The number of hydrogen-bond donors (Lipinski definition) is 1. The van der Waals surface area contributed by atoms with Crippen molar-refractivity contribution in [2.24, 2.45) is 5.92 Å². The second kappa shape index (κ2) is 5.21. The molecule has 1 fully saturated rings. The second-order valence-corrected chi connectivity index (χ2v) is 5.56. The number of hydrogen-bond acceptors (Lipinski definition) is 3. The van der Waals surface area contributed by atoms with Gasteiger partial charge in [0.1, 0.15) is 0 Å². The molecule has 96 valence electrons. The van der Waals surface area contributed by atoms with E-state index in [4.69, 9.17) is 12.2 Å². The summed E-state index contributed by atoms with van der Waals surface area (Å²) >= 11 is 5.29. The summed E-state index contributed by atoms with van der Waals surface area (Å²) in [4.78, 5) is 2.37. The van der Waals surface area contributed by atoms with E-state index < -0.39 is 0 Å². The number of anilines is 1. The summed E-state index contributed by atoms with van der Waals surface area (Å²) in [5.41, 5.74) is 0. The molecule has 0 aliphatic heterocycles. The highest BCUT2D eigenvalue weighted by molar-refractivity contribution is 7.71. The molecular weight excluding hydrogens is 232 g/mol. The van der Waals surface area contributed by atoms with Crippen molar-refractivity contribution in [1.29, 1.82) is 0 Å². The van der Waals surface area contributed by atoms with Gasteiger partial charge in [-0.25, -0.2) is 5.10 Å². The predicted octanol–water partition coefficient (Wildman–Crippen LogP) is 2.98. The van der Waals surface area contributed by atoms with Gasteiger partial charge in [0.15, 0.2) is 4.77 Å². The maximum Gasteiger partial charge on any atom is 0.225 e. The highest BCUT2D eigenvalue weighted by atomic mass is 32.1. The fraction of sp³-hybridized carbons (Fsp3) is 0.833. The van der Waals surface area contributed by atoms with Gasteiger partial charge in [0.25, 0.3) is 0 Å². The van der Waals surface area contributed by atoms with E-state index in [9.17, 15) is 0 Å². The molecule has 1 aromatic heterocycles. The third-order valence-corrected chi connectivity index (χ3v) is 3.53. The number of nitrogens with one attached hydrogen (secondary N) is 1. The zero-order valence-electron chi connectivity index (χ0n) is 10.9. The van der Waals surface area contributed by atoms with Crippen LogP contribution < -0.4 is 4.90 Å². The summed E-state index contributed by atoms with van der Waals surface area (Å²) in [5.74, 6) is 1.87. The first kappa shape index (κ1) is 12.6. The quantitative estimate of drug-likeness (QED) is 0.793. The maximum atomic E-state index is 5.29. The Morgan fingerprint density at radius 2 is 2.24 bits per heavy atom. The number of aromatic nitrogens is 3. The summed E-state index contributed by atoms with van der Waals surface area (Å²) in [6, 6.07) is 0.469. The Morgan fingerprint density at radius 3 is 2.76 bits per heavy atom. The van der Waals surface area contributed by atoms with Gasteiger partial charge < -0.3 is 4.90 Å². The van der Waals surface area contributed by atoms with E-state index in [1.165, 1.54) is 12.8 Å². The van der Waals surface area contributed by atoms with Crippen molar-refractivity contribution in [2.45, 2.75) is 52.6 Å². The van der Waals surface area contributed by atoms with Crippen LogP contribution in [-0.4, -0.2) is 27.4 Å². The van der Waals surface area contributed by atoms with Gasteiger partial charge in [0.2, 0.25) is 5.95 Å². The highest BCUT2D eigenvalue weighted by Gasteiger charge is 2.27. The SMILES string of the molecule is CCCn1c(N(CC2CC2)C(C)C)n[nH]c1=S. The molecule has 1 heterocycles. The fourth-order valence-corrected chi connectivity index (χ4v) is 2.27. The van der Waals surface area contributed by atoms with Crippen molar-refractivity contribution >= 4 is 18.2 Å². The molecule has 1 aromatic rings. The van der Waals surface area contributed by atoms with E-state index in [1.807, 2.05) is 0 Å². The van der Waals surface area contributed by atoms with E-state index in [0.717, 1.165) is 36.1 Å². The monoisotopic (exact) mass is 254 g/mol. The molecule has 4 nitrogen and oxygen atoms in total. The Kier molecular flexibility index (Phi) is 3.86. The van der Waals surface area contributed by atoms with Crippen LogP contribution in [0.4, 0.5) is 5.95 Å². The normalized spacial score (nSPS) is 15.5. The van der Waals surface area contributed by atoms with E-state index >= 15 is 0 Å². The number of H-pyrrole nitrogens is 1. The number of nitrogens with zero attached hydrogens (tertiary/aromatic N) is 3. The fourth-order valence-electron chi connectivity index (χ4n) is 2.06. The smallest absolute Gasteiger partial charge is 0.225 e. The Morgan fingerprint density at radius 1 is 1.53 bits per heavy atom. The number of rotatable bonds is 6. The van der Waals surface area contributed by atoms with Gasteiger partial charge in [-0.05, 0) is 51.2 Å². The molecule has 0 radical (unpaired) electrons. The lowest BCUT2D eigenvalue weighted by atomic mass is 10.3. The third-order valence-electron chi connectivity index (χ3n) is 3.22. The lowest BCUT2D eigenvalue weighted by molar-refractivity contribution is 0.586. The van der Waals surface area contributed by atoms with Gasteiger partial charge in [-0.15, -0.1) is 5.10 Å². The van der Waals surface area contributed by atoms with Crippen molar-refractivity contribution in [1.82, 2.24) is 14.8 Å². The van der Waals surface area contributed by atoms with Crippen LogP contribution in [0, 0.1) is 10.7 Å². The zero-order valence-corrected chi connectivity index (χ0v) is 11.8. The third kappa shape index (κ3) is 2.89. The maximum absolute atomic E-state index is 5.29. The van der Waals surface area contributed by atoms with Crippen LogP contribution in [0.15, 0.2) is 0 Å². The first-order chi connectivity index (χ1) is 8.13. The van der Waals surface area contributed by atoms with Gasteiger partial charge in [0, 0.05) is 19.1 Å². The molecule has 0 saturated heterocycles.